The lowest BCUT2D eigenvalue weighted by Gasteiger charge is -2.11. The average Bonchev–Trinajstić information content (AvgIpc) is 2.52. The molecule has 0 aliphatic carbocycles. The SMILES string of the molecule is CN(C)c1ccc(/C=N/N=C/c2ccc(C#N)cc2)cc1. The normalized spacial score (nSPS) is 10.9. The van der Waals surface area contributed by atoms with Crippen LogP contribution in [0.2, 0.25) is 0 Å². The van der Waals surface area contributed by atoms with E-state index in [0.29, 0.717) is 5.56 Å². The molecule has 0 aromatic heterocycles. The molecule has 0 unspecified atom stereocenters. The molecule has 104 valence electrons. The van der Waals surface area contributed by atoms with E-state index in [4.69, 9.17) is 5.26 Å². The minimum absolute atomic E-state index is 0.636. The van der Waals surface area contributed by atoms with Crippen molar-refractivity contribution in [2.24, 2.45) is 10.2 Å². The van der Waals surface area contributed by atoms with E-state index in [0.717, 1.165) is 16.8 Å². The van der Waals surface area contributed by atoms with Gasteiger partial charge in [-0.3, -0.25) is 0 Å². The van der Waals surface area contributed by atoms with Crippen LogP contribution in [0.4, 0.5) is 5.69 Å². The number of nitriles is 1. The zero-order chi connectivity index (χ0) is 15.1. The topological polar surface area (TPSA) is 51.8 Å². The third-order valence-electron chi connectivity index (χ3n) is 2.93. The van der Waals surface area contributed by atoms with E-state index in [1.807, 2.05) is 55.4 Å². The Bertz CT molecular complexity index is 674. The van der Waals surface area contributed by atoms with Gasteiger partial charge in [-0.05, 0) is 35.4 Å². The van der Waals surface area contributed by atoms with Crippen molar-refractivity contribution < 1.29 is 0 Å². The fraction of sp³-hybridized carbons (Fsp3) is 0.118. The number of nitrogens with zero attached hydrogens (tertiary/aromatic N) is 4. The first-order chi connectivity index (χ1) is 10.2. The standard InChI is InChI=1S/C17H16N4/c1-21(2)17-9-7-16(8-10-17)13-20-19-12-15-5-3-14(11-18)4-6-15/h3-10,12-13H,1-2H3/b19-12+,20-13+. The van der Waals surface area contributed by atoms with Crippen LogP contribution in [0.15, 0.2) is 58.7 Å². The highest BCUT2D eigenvalue weighted by Gasteiger charge is 1.93. The minimum atomic E-state index is 0.636. The molecular weight excluding hydrogens is 260 g/mol. The van der Waals surface area contributed by atoms with Crippen LogP contribution in [0.3, 0.4) is 0 Å². The van der Waals surface area contributed by atoms with Gasteiger partial charge in [0.1, 0.15) is 0 Å². The Morgan fingerprint density at radius 2 is 1.33 bits per heavy atom. The van der Waals surface area contributed by atoms with Crippen molar-refractivity contribution in [1.29, 1.82) is 5.26 Å². The summed E-state index contributed by atoms with van der Waals surface area (Å²) in [6.45, 7) is 0. The van der Waals surface area contributed by atoms with Crippen LogP contribution in [-0.4, -0.2) is 26.5 Å². The highest BCUT2D eigenvalue weighted by molar-refractivity contribution is 5.83. The maximum atomic E-state index is 8.71. The van der Waals surface area contributed by atoms with Crippen LogP contribution < -0.4 is 4.90 Å². The molecule has 0 atom stereocenters. The van der Waals surface area contributed by atoms with Crippen molar-refractivity contribution in [3.05, 3.63) is 65.2 Å². The molecule has 0 N–H and O–H groups in total. The summed E-state index contributed by atoms with van der Waals surface area (Å²) >= 11 is 0. The summed E-state index contributed by atoms with van der Waals surface area (Å²) in [6.07, 6.45) is 3.37. The maximum Gasteiger partial charge on any atom is 0.0991 e. The molecule has 0 heterocycles. The summed E-state index contributed by atoms with van der Waals surface area (Å²) in [4.78, 5) is 2.05. The predicted molar refractivity (Wildman–Crippen MR) is 87.1 cm³/mol. The van der Waals surface area contributed by atoms with Gasteiger partial charge in [0.2, 0.25) is 0 Å². The lowest BCUT2D eigenvalue weighted by Crippen LogP contribution is -2.08. The zero-order valence-corrected chi connectivity index (χ0v) is 12.1. The van der Waals surface area contributed by atoms with Crippen molar-refractivity contribution >= 4 is 18.1 Å². The molecule has 0 bridgehead atoms. The van der Waals surface area contributed by atoms with Crippen LogP contribution in [-0.2, 0) is 0 Å². The highest BCUT2D eigenvalue weighted by Crippen LogP contribution is 2.10. The molecule has 0 spiro atoms. The number of benzene rings is 2. The van der Waals surface area contributed by atoms with Crippen molar-refractivity contribution in [3.8, 4) is 6.07 Å². The molecule has 0 aliphatic heterocycles. The molecule has 4 heteroatoms. The van der Waals surface area contributed by atoms with E-state index in [1.165, 1.54) is 0 Å². The van der Waals surface area contributed by atoms with Crippen molar-refractivity contribution in [2.45, 2.75) is 0 Å². The van der Waals surface area contributed by atoms with E-state index in [-0.39, 0.29) is 0 Å². The van der Waals surface area contributed by atoms with Gasteiger partial charge in [0.25, 0.3) is 0 Å². The summed E-state index contributed by atoms with van der Waals surface area (Å²) in [5.74, 6) is 0. The summed E-state index contributed by atoms with van der Waals surface area (Å²) < 4.78 is 0. The Morgan fingerprint density at radius 3 is 1.76 bits per heavy atom. The summed E-state index contributed by atoms with van der Waals surface area (Å²) in [6, 6.07) is 17.3. The number of hydrogen-bond acceptors (Lipinski definition) is 4. The molecule has 0 aliphatic rings. The van der Waals surface area contributed by atoms with Gasteiger partial charge in [0, 0.05) is 19.8 Å². The lowest BCUT2D eigenvalue weighted by molar-refractivity contribution is 1.13. The molecule has 4 nitrogen and oxygen atoms in total. The summed E-state index contributed by atoms with van der Waals surface area (Å²) in [7, 11) is 4.01. The maximum absolute atomic E-state index is 8.71. The highest BCUT2D eigenvalue weighted by atomic mass is 15.2. The molecule has 0 saturated carbocycles. The Kier molecular flexibility index (Phi) is 4.84. The first-order valence-corrected chi connectivity index (χ1v) is 6.53. The van der Waals surface area contributed by atoms with Gasteiger partial charge < -0.3 is 4.90 Å². The molecule has 2 aromatic carbocycles. The van der Waals surface area contributed by atoms with E-state index < -0.39 is 0 Å². The lowest BCUT2D eigenvalue weighted by atomic mass is 10.2. The van der Waals surface area contributed by atoms with Crippen molar-refractivity contribution in [1.82, 2.24) is 0 Å². The Morgan fingerprint density at radius 1 is 0.857 bits per heavy atom. The molecule has 0 radical (unpaired) electrons. The largest absolute Gasteiger partial charge is 0.378 e. The van der Waals surface area contributed by atoms with Crippen LogP contribution in [0.1, 0.15) is 16.7 Å². The van der Waals surface area contributed by atoms with E-state index in [9.17, 15) is 0 Å². The Labute approximate surface area is 124 Å². The van der Waals surface area contributed by atoms with Gasteiger partial charge in [-0.15, -0.1) is 0 Å². The van der Waals surface area contributed by atoms with Gasteiger partial charge in [-0.25, -0.2) is 0 Å². The zero-order valence-electron chi connectivity index (χ0n) is 12.1. The second-order valence-corrected chi connectivity index (χ2v) is 4.71. The quantitative estimate of drug-likeness (QED) is 0.636. The minimum Gasteiger partial charge on any atom is -0.378 e. The summed E-state index contributed by atoms with van der Waals surface area (Å²) in [5.41, 5.74) is 3.69. The van der Waals surface area contributed by atoms with Crippen LogP contribution in [0.5, 0.6) is 0 Å². The fourth-order valence-corrected chi connectivity index (χ4v) is 1.70. The second kappa shape index (κ2) is 7.01. The number of rotatable bonds is 4. The van der Waals surface area contributed by atoms with Gasteiger partial charge in [0.05, 0.1) is 24.1 Å². The van der Waals surface area contributed by atoms with Crippen LogP contribution in [0.25, 0.3) is 0 Å². The van der Waals surface area contributed by atoms with Gasteiger partial charge in [-0.2, -0.15) is 15.5 Å². The van der Waals surface area contributed by atoms with Gasteiger partial charge in [-0.1, -0.05) is 24.3 Å². The number of hydrogen-bond donors (Lipinski definition) is 0. The monoisotopic (exact) mass is 276 g/mol. The Balaban J connectivity index is 1.97. The van der Waals surface area contributed by atoms with E-state index in [2.05, 4.69) is 16.3 Å². The van der Waals surface area contributed by atoms with Crippen LogP contribution >= 0.6 is 0 Å². The first kappa shape index (κ1) is 14.5. The molecule has 2 rings (SSSR count). The van der Waals surface area contributed by atoms with E-state index >= 15 is 0 Å². The number of anilines is 1. The van der Waals surface area contributed by atoms with Crippen LogP contribution in [0, 0.1) is 11.3 Å². The fourth-order valence-electron chi connectivity index (χ4n) is 1.70. The molecule has 21 heavy (non-hydrogen) atoms. The van der Waals surface area contributed by atoms with Crippen molar-refractivity contribution in [3.63, 3.8) is 0 Å². The van der Waals surface area contributed by atoms with E-state index in [1.54, 1.807) is 24.6 Å². The Hall–Kier alpha value is -2.93. The summed E-state index contributed by atoms with van der Waals surface area (Å²) in [5, 5.41) is 16.7. The second-order valence-electron chi connectivity index (χ2n) is 4.71. The molecule has 0 amide bonds. The molecule has 2 aromatic rings. The van der Waals surface area contributed by atoms with Gasteiger partial charge >= 0.3 is 0 Å². The van der Waals surface area contributed by atoms with Crippen molar-refractivity contribution in [2.75, 3.05) is 19.0 Å². The van der Waals surface area contributed by atoms with Gasteiger partial charge in [0.15, 0.2) is 0 Å². The molecule has 0 fully saturated rings. The molecular formula is C17H16N4. The first-order valence-electron chi connectivity index (χ1n) is 6.53. The molecule has 0 saturated heterocycles. The predicted octanol–water partition coefficient (Wildman–Crippen LogP) is 3.08. The average molecular weight is 276 g/mol. The third kappa shape index (κ3) is 4.29. The smallest absolute Gasteiger partial charge is 0.0991 e. The third-order valence-corrected chi connectivity index (χ3v) is 2.93.